The maximum atomic E-state index is 6.30. The number of nitrogens with zero attached hydrogens (tertiary/aromatic N) is 1. The van der Waals surface area contributed by atoms with Gasteiger partial charge in [0, 0.05) is 23.2 Å². The summed E-state index contributed by atoms with van der Waals surface area (Å²) in [5.74, 6) is 0. The Morgan fingerprint density at radius 3 is 2.81 bits per heavy atom. The fourth-order valence-corrected chi connectivity index (χ4v) is 3.48. The number of rotatable bonds is 4. The topological polar surface area (TPSA) is 57.4 Å². The Balaban J connectivity index is 1.95. The molecule has 1 fully saturated rings. The Morgan fingerprint density at radius 1 is 1.24 bits per heavy atom. The second-order valence-electron chi connectivity index (χ2n) is 4.51. The number of nitrogens with two attached hydrogens (primary N) is 1. The highest BCUT2D eigenvalue weighted by atomic mass is 35.5. The van der Waals surface area contributed by atoms with Crippen LogP contribution in [-0.2, 0) is 16.0 Å². The Hall–Kier alpha value is -1.11. The van der Waals surface area contributed by atoms with Crippen LogP contribution in [0.1, 0.15) is 17.4 Å². The zero-order chi connectivity index (χ0) is 14.7. The summed E-state index contributed by atoms with van der Waals surface area (Å²) in [6.45, 7) is 1.63. The third-order valence-corrected chi connectivity index (χ3v) is 4.79. The van der Waals surface area contributed by atoms with Crippen molar-refractivity contribution in [3.63, 3.8) is 0 Å². The molecule has 0 bridgehead atoms. The van der Waals surface area contributed by atoms with Crippen LogP contribution in [0.25, 0.3) is 0 Å². The molecule has 0 unspecified atom stereocenters. The zero-order valence-electron chi connectivity index (χ0n) is 11.3. The molecule has 1 aromatic carbocycles. The highest BCUT2D eigenvalue weighted by Gasteiger charge is 2.23. The molecule has 1 aromatic heterocycles. The number of aromatic nitrogens is 1. The van der Waals surface area contributed by atoms with E-state index in [1.807, 2.05) is 30.3 Å². The summed E-state index contributed by atoms with van der Waals surface area (Å²) < 4.78 is 11.1. The standard InChI is InChI=1S/C15H15ClN2O2S/c16-12-5-1-3-10(9-17)13(12)21-14-11(4-2-6-18-14)15-19-7-8-20-15/h1-6,15H,7-9,17H2. The van der Waals surface area contributed by atoms with Crippen LogP contribution in [0.5, 0.6) is 0 Å². The lowest BCUT2D eigenvalue weighted by molar-refractivity contribution is -0.0464. The molecular weight excluding hydrogens is 308 g/mol. The molecule has 110 valence electrons. The third-order valence-electron chi connectivity index (χ3n) is 3.14. The van der Waals surface area contributed by atoms with Gasteiger partial charge in [0.1, 0.15) is 5.03 Å². The first-order chi connectivity index (χ1) is 10.3. The van der Waals surface area contributed by atoms with Gasteiger partial charge in [0.05, 0.1) is 18.2 Å². The lowest BCUT2D eigenvalue weighted by Gasteiger charge is -2.15. The molecular formula is C15H15ClN2O2S. The normalized spacial score (nSPS) is 15.5. The smallest absolute Gasteiger partial charge is 0.186 e. The zero-order valence-corrected chi connectivity index (χ0v) is 12.9. The van der Waals surface area contributed by atoms with Crippen molar-refractivity contribution in [3.8, 4) is 0 Å². The molecule has 4 nitrogen and oxygen atoms in total. The van der Waals surface area contributed by atoms with Gasteiger partial charge in [-0.1, -0.05) is 35.5 Å². The van der Waals surface area contributed by atoms with Gasteiger partial charge in [-0.2, -0.15) is 0 Å². The predicted molar refractivity (Wildman–Crippen MR) is 82.3 cm³/mol. The largest absolute Gasteiger partial charge is 0.346 e. The van der Waals surface area contributed by atoms with Gasteiger partial charge in [-0.15, -0.1) is 0 Å². The Bertz CT molecular complexity index is 633. The lowest BCUT2D eigenvalue weighted by Crippen LogP contribution is -2.03. The lowest BCUT2D eigenvalue weighted by atomic mass is 10.2. The Morgan fingerprint density at radius 2 is 2.05 bits per heavy atom. The van der Waals surface area contributed by atoms with Crippen molar-refractivity contribution in [1.82, 2.24) is 4.98 Å². The average Bonchev–Trinajstić information content (AvgIpc) is 3.04. The van der Waals surface area contributed by atoms with E-state index in [1.54, 1.807) is 6.20 Å². The molecule has 0 saturated carbocycles. The summed E-state index contributed by atoms with van der Waals surface area (Å²) in [5, 5.41) is 1.50. The molecule has 0 aliphatic carbocycles. The average molecular weight is 323 g/mol. The predicted octanol–water partition coefficient (Wildman–Crippen LogP) is 3.39. The number of halogens is 1. The fourth-order valence-electron chi connectivity index (χ4n) is 2.13. The first-order valence-electron chi connectivity index (χ1n) is 6.63. The second-order valence-corrected chi connectivity index (χ2v) is 5.91. The number of benzene rings is 1. The van der Waals surface area contributed by atoms with E-state index in [0.29, 0.717) is 24.8 Å². The SMILES string of the molecule is NCc1cccc(Cl)c1Sc1ncccc1C1OCCO1. The summed E-state index contributed by atoms with van der Waals surface area (Å²) >= 11 is 7.80. The van der Waals surface area contributed by atoms with Crippen molar-refractivity contribution in [3.05, 3.63) is 52.7 Å². The molecule has 2 aromatic rings. The molecule has 2 heterocycles. The second kappa shape index (κ2) is 6.77. The van der Waals surface area contributed by atoms with Gasteiger partial charge in [-0.25, -0.2) is 4.98 Å². The van der Waals surface area contributed by atoms with Crippen LogP contribution in [0.15, 0.2) is 46.5 Å². The number of ether oxygens (including phenoxy) is 2. The third kappa shape index (κ3) is 3.22. The van der Waals surface area contributed by atoms with E-state index in [1.165, 1.54) is 11.8 Å². The number of hydrogen-bond acceptors (Lipinski definition) is 5. The van der Waals surface area contributed by atoms with Crippen molar-refractivity contribution in [2.45, 2.75) is 22.8 Å². The molecule has 1 saturated heterocycles. The first-order valence-corrected chi connectivity index (χ1v) is 7.82. The van der Waals surface area contributed by atoms with Gasteiger partial charge in [0.25, 0.3) is 0 Å². The molecule has 1 aliphatic rings. The molecule has 3 rings (SSSR count). The maximum Gasteiger partial charge on any atom is 0.186 e. The molecule has 0 atom stereocenters. The molecule has 21 heavy (non-hydrogen) atoms. The van der Waals surface area contributed by atoms with Crippen LogP contribution in [0.2, 0.25) is 5.02 Å². The van der Waals surface area contributed by atoms with E-state index < -0.39 is 0 Å². The summed E-state index contributed by atoms with van der Waals surface area (Å²) in [5.41, 5.74) is 7.71. The van der Waals surface area contributed by atoms with Crippen molar-refractivity contribution >= 4 is 23.4 Å². The monoisotopic (exact) mass is 322 g/mol. The van der Waals surface area contributed by atoms with Gasteiger partial charge >= 0.3 is 0 Å². The van der Waals surface area contributed by atoms with Crippen LogP contribution in [0.3, 0.4) is 0 Å². The summed E-state index contributed by atoms with van der Waals surface area (Å²) in [6.07, 6.45) is 1.39. The Kier molecular flexibility index (Phi) is 4.77. The van der Waals surface area contributed by atoms with Crippen molar-refractivity contribution in [1.29, 1.82) is 0 Å². The van der Waals surface area contributed by atoms with Crippen LogP contribution in [-0.4, -0.2) is 18.2 Å². The highest BCUT2D eigenvalue weighted by Crippen LogP contribution is 2.39. The molecule has 2 N–H and O–H groups in total. The molecule has 0 spiro atoms. The van der Waals surface area contributed by atoms with Crippen LogP contribution in [0.4, 0.5) is 0 Å². The molecule has 0 radical (unpaired) electrons. The van der Waals surface area contributed by atoms with Gasteiger partial charge in [-0.3, -0.25) is 0 Å². The van der Waals surface area contributed by atoms with Gasteiger partial charge in [0.2, 0.25) is 0 Å². The minimum absolute atomic E-state index is 0.356. The van der Waals surface area contributed by atoms with E-state index in [9.17, 15) is 0 Å². The maximum absolute atomic E-state index is 6.30. The van der Waals surface area contributed by atoms with E-state index in [2.05, 4.69) is 4.98 Å². The fraction of sp³-hybridized carbons (Fsp3) is 0.267. The van der Waals surface area contributed by atoms with Crippen molar-refractivity contribution < 1.29 is 9.47 Å². The summed E-state index contributed by atoms with van der Waals surface area (Å²) in [6, 6.07) is 9.57. The summed E-state index contributed by atoms with van der Waals surface area (Å²) in [4.78, 5) is 5.37. The summed E-state index contributed by atoms with van der Waals surface area (Å²) in [7, 11) is 0. The quantitative estimate of drug-likeness (QED) is 0.935. The van der Waals surface area contributed by atoms with Gasteiger partial charge in [0.15, 0.2) is 6.29 Å². The number of hydrogen-bond donors (Lipinski definition) is 1. The minimum atomic E-state index is -0.356. The minimum Gasteiger partial charge on any atom is -0.346 e. The molecule has 1 aliphatic heterocycles. The van der Waals surface area contributed by atoms with Crippen LogP contribution >= 0.6 is 23.4 Å². The molecule has 0 amide bonds. The van der Waals surface area contributed by atoms with Gasteiger partial charge < -0.3 is 15.2 Å². The highest BCUT2D eigenvalue weighted by molar-refractivity contribution is 7.99. The van der Waals surface area contributed by atoms with Crippen molar-refractivity contribution in [2.75, 3.05) is 13.2 Å². The van der Waals surface area contributed by atoms with E-state index in [4.69, 9.17) is 26.8 Å². The first kappa shape index (κ1) is 14.8. The van der Waals surface area contributed by atoms with Crippen LogP contribution in [0, 0.1) is 0 Å². The number of pyridine rings is 1. The molecule has 6 heteroatoms. The van der Waals surface area contributed by atoms with E-state index in [0.717, 1.165) is 21.0 Å². The van der Waals surface area contributed by atoms with E-state index in [-0.39, 0.29) is 6.29 Å². The Labute approximate surface area is 132 Å². The van der Waals surface area contributed by atoms with E-state index >= 15 is 0 Å². The van der Waals surface area contributed by atoms with Crippen LogP contribution < -0.4 is 5.73 Å². The van der Waals surface area contributed by atoms with Crippen molar-refractivity contribution in [2.24, 2.45) is 5.73 Å². The van der Waals surface area contributed by atoms with Gasteiger partial charge in [-0.05, 0) is 23.8 Å².